The largest absolute Gasteiger partial charge is 0.484 e. The monoisotopic (exact) mass is 341 g/mol. The molecule has 1 fully saturated rings. The molecular weight excluding hydrogens is 318 g/mol. The van der Waals surface area contributed by atoms with Gasteiger partial charge >= 0.3 is 0 Å². The Kier molecular flexibility index (Phi) is 4.40. The van der Waals surface area contributed by atoms with Gasteiger partial charge < -0.3 is 14.2 Å². The summed E-state index contributed by atoms with van der Waals surface area (Å²) < 4.78 is 7.82. The quantitative estimate of drug-likeness (QED) is 0.843. The first kappa shape index (κ1) is 16.1. The number of fused-ring (bicyclic) bond motifs is 1. The van der Waals surface area contributed by atoms with E-state index in [-0.39, 0.29) is 18.6 Å². The summed E-state index contributed by atoms with van der Waals surface area (Å²) in [6.45, 7) is 3.49. The fourth-order valence-electron chi connectivity index (χ4n) is 3.63. The Hall–Kier alpha value is -2.41. The van der Waals surface area contributed by atoms with Crippen molar-refractivity contribution in [1.82, 2.24) is 24.6 Å². The second-order valence-corrected chi connectivity index (χ2v) is 6.71. The molecule has 25 heavy (non-hydrogen) atoms. The van der Waals surface area contributed by atoms with Gasteiger partial charge in [-0.05, 0) is 32.0 Å². The minimum Gasteiger partial charge on any atom is -0.484 e. The van der Waals surface area contributed by atoms with Crippen LogP contribution in [0.15, 0.2) is 30.3 Å². The summed E-state index contributed by atoms with van der Waals surface area (Å²) in [7, 11) is 2.09. The van der Waals surface area contributed by atoms with E-state index in [1.165, 1.54) is 0 Å². The van der Waals surface area contributed by atoms with E-state index in [1.807, 2.05) is 35.2 Å². The van der Waals surface area contributed by atoms with Crippen LogP contribution in [0.5, 0.6) is 5.75 Å². The number of carbonyl (C=O) groups excluding carboxylic acids is 1. The molecule has 0 aliphatic carbocycles. The van der Waals surface area contributed by atoms with Crippen molar-refractivity contribution in [3.05, 3.63) is 42.0 Å². The lowest BCUT2D eigenvalue weighted by Crippen LogP contribution is -2.37. The molecule has 0 saturated carbocycles. The number of aromatic nitrogens is 3. The first-order valence-electron chi connectivity index (χ1n) is 8.80. The van der Waals surface area contributed by atoms with E-state index in [1.54, 1.807) is 0 Å². The van der Waals surface area contributed by atoms with Crippen molar-refractivity contribution < 1.29 is 9.53 Å². The van der Waals surface area contributed by atoms with E-state index in [0.29, 0.717) is 0 Å². The second-order valence-electron chi connectivity index (χ2n) is 6.71. The number of amides is 1. The zero-order chi connectivity index (χ0) is 17.2. The summed E-state index contributed by atoms with van der Waals surface area (Å²) in [4.78, 5) is 16.8. The summed E-state index contributed by atoms with van der Waals surface area (Å²) in [6, 6.07) is 9.46. The van der Waals surface area contributed by atoms with Gasteiger partial charge in [-0.1, -0.05) is 18.2 Å². The molecule has 7 nitrogen and oxygen atoms in total. The third kappa shape index (κ3) is 3.24. The predicted octanol–water partition coefficient (Wildman–Crippen LogP) is 1.47. The van der Waals surface area contributed by atoms with Gasteiger partial charge in [0.15, 0.2) is 12.4 Å². The topological polar surface area (TPSA) is 63.5 Å². The highest BCUT2D eigenvalue weighted by molar-refractivity contribution is 5.78. The molecule has 7 heteroatoms. The number of hydrogen-bond donors (Lipinski definition) is 0. The van der Waals surface area contributed by atoms with Crippen LogP contribution >= 0.6 is 0 Å². The van der Waals surface area contributed by atoms with Crippen molar-refractivity contribution in [1.29, 1.82) is 0 Å². The van der Waals surface area contributed by atoms with Crippen molar-refractivity contribution in [3.8, 4) is 5.75 Å². The number of para-hydroxylation sites is 1. The maximum atomic E-state index is 12.7. The van der Waals surface area contributed by atoms with Gasteiger partial charge in [0, 0.05) is 19.6 Å². The molecule has 1 saturated heterocycles. The van der Waals surface area contributed by atoms with Crippen LogP contribution in [0, 0.1) is 0 Å². The molecule has 2 aromatic rings. The van der Waals surface area contributed by atoms with Crippen LogP contribution in [0.1, 0.15) is 30.5 Å². The highest BCUT2D eigenvalue weighted by Crippen LogP contribution is 2.32. The van der Waals surface area contributed by atoms with E-state index >= 15 is 0 Å². The summed E-state index contributed by atoms with van der Waals surface area (Å²) >= 11 is 0. The van der Waals surface area contributed by atoms with Gasteiger partial charge in [0.25, 0.3) is 5.91 Å². The molecule has 0 radical (unpaired) electrons. The lowest BCUT2D eigenvalue weighted by atomic mass is 10.2. The highest BCUT2D eigenvalue weighted by Gasteiger charge is 2.35. The van der Waals surface area contributed by atoms with Crippen molar-refractivity contribution in [2.45, 2.75) is 32.0 Å². The van der Waals surface area contributed by atoms with Gasteiger partial charge in [-0.25, -0.2) is 0 Å². The lowest BCUT2D eigenvalue weighted by molar-refractivity contribution is -0.134. The van der Waals surface area contributed by atoms with Crippen molar-refractivity contribution in [2.24, 2.45) is 0 Å². The maximum absolute atomic E-state index is 12.7. The number of benzene rings is 1. The molecule has 0 bridgehead atoms. The Morgan fingerprint density at radius 3 is 2.88 bits per heavy atom. The van der Waals surface area contributed by atoms with E-state index < -0.39 is 0 Å². The molecule has 1 atom stereocenters. The molecule has 1 amide bonds. The van der Waals surface area contributed by atoms with Crippen molar-refractivity contribution >= 4 is 5.91 Å². The molecule has 2 aliphatic heterocycles. The van der Waals surface area contributed by atoms with Gasteiger partial charge in [0.05, 0.1) is 12.6 Å². The average molecular weight is 341 g/mol. The minimum absolute atomic E-state index is 0.0107. The summed E-state index contributed by atoms with van der Waals surface area (Å²) in [5, 5.41) is 8.76. The van der Waals surface area contributed by atoms with Crippen LogP contribution in [-0.4, -0.2) is 57.2 Å². The van der Waals surface area contributed by atoms with Crippen LogP contribution in [0.3, 0.4) is 0 Å². The predicted molar refractivity (Wildman–Crippen MR) is 92.0 cm³/mol. The molecule has 132 valence electrons. The molecule has 2 aliphatic rings. The number of rotatable bonds is 4. The number of carbonyl (C=O) groups is 1. The van der Waals surface area contributed by atoms with Crippen molar-refractivity contribution in [2.75, 3.05) is 26.7 Å². The minimum atomic E-state index is 0.0107. The van der Waals surface area contributed by atoms with Crippen LogP contribution < -0.4 is 4.74 Å². The lowest BCUT2D eigenvalue weighted by Gasteiger charge is -2.28. The van der Waals surface area contributed by atoms with Gasteiger partial charge in [-0.3, -0.25) is 9.69 Å². The summed E-state index contributed by atoms with van der Waals surface area (Å²) in [5.41, 5.74) is 0. The maximum Gasteiger partial charge on any atom is 0.261 e. The Morgan fingerprint density at radius 1 is 1.20 bits per heavy atom. The third-order valence-corrected chi connectivity index (χ3v) is 4.95. The average Bonchev–Trinajstić information content (AvgIpc) is 3.26. The van der Waals surface area contributed by atoms with Gasteiger partial charge in [0.2, 0.25) is 0 Å². The number of hydrogen-bond acceptors (Lipinski definition) is 5. The number of likely N-dealkylation sites (tertiary alicyclic amines) is 1. The SMILES string of the molecule is CN1CCn2c(nnc2C2CCCN2C(=O)COc2ccccc2)C1. The van der Waals surface area contributed by atoms with E-state index in [0.717, 1.165) is 56.4 Å². The molecular formula is C18H23N5O2. The molecule has 4 rings (SSSR count). The number of likely N-dealkylation sites (N-methyl/N-ethyl adjacent to an activating group) is 1. The number of nitrogens with zero attached hydrogens (tertiary/aromatic N) is 5. The molecule has 1 aromatic heterocycles. The summed E-state index contributed by atoms with van der Waals surface area (Å²) in [6.07, 6.45) is 1.93. The molecule has 3 heterocycles. The van der Waals surface area contributed by atoms with E-state index in [2.05, 4.69) is 26.7 Å². The Morgan fingerprint density at radius 2 is 2.04 bits per heavy atom. The molecule has 1 aromatic carbocycles. The summed E-state index contributed by atoms with van der Waals surface area (Å²) in [5.74, 6) is 2.64. The van der Waals surface area contributed by atoms with E-state index in [4.69, 9.17) is 4.74 Å². The van der Waals surface area contributed by atoms with E-state index in [9.17, 15) is 4.79 Å². The fraction of sp³-hybridized carbons (Fsp3) is 0.500. The van der Waals surface area contributed by atoms with Crippen LogP contribution in [0.25, 0.3) is 0 Å². The molecule has 0 N–H and O–H groups in total. The standard InChI is InChI=1S/C18H23N5O2/c1-21-10-11-23-16(12-21)19-20-18(23)15-8-5-9-22(15)17(24)13-25-14-6-3-2-4-7-14/h2-4,6-7,15H,5,8-13H2,1H3. The van der Waals surface area contributed by atoms with Gasteiger partial charge in [-0.15, -0.1) is 10.2 Å². The highest BCUT2D eigenvalue weighted by atomic mass is 16.5. The first-order valence-corrected chi connectivity index (χ1v) is 8.80. The third-order valence-electron chi connectivity index (χ3n) is 4.95. The van der Waals surface area contributed by atoms with Crippen LogP contribution in [0.4, 0.5) is 0 Å². The Labute approximate surface area is 147 Å². The number of ether oxygens (including phenoxy) is 1. The normalized spacial score (nSPS) is 20.5. The van der Waals surface area contributed by atoms with Crippen LogP contribution in [0.2, 0.25) is 0 Å². The zero-order valence-electron chi connectivity index (χ0n) is 14.5. The van der Waals surface area contributed by atoms with Gasteiger partial charge in [-0.2, -0.15) is 0 Å². The fourth-order valence-corrected chi connectivity index (χ4v) is 3.63. The smallest absolute Gasteiger partial charge is 0.261 e. The second kappa shape index (κ2) is 6.84. The molecule has 1 unspecified atom stereocenters. The van der Waals surface area contributed by atoms with Crippen LogP contribution in [-0.2, 0) is 17.9 Å². The van der Waals surface area contributed by atoms with Gasteiger partial charge in [0.1, 0.15) is 11.6 Å². The Balaban J connectivity index is 1.46. The molecule has 0 spiro atoms. The first-order chi connectivity index (χ1) is 12.2. The zero-order valence-corrected chi connectivity index (χ0v) is 14.5. The Bertz CT molecular complexity index is 745. The van der Waals surface area contributed by atoms with Crippen molar-refractivity contribution in [3.63, 3.8) is 0 Å².